The summed E-state index contributed by atoms with van der Waals surface area (Å²) in [5, 5.41) is 9.29. The minimum atomic E-state index is 0.289. The van der Waals surface area contributed by atoms with E-state index in [2.05, 4.69) is 21.2 Å². The lowest BCUT2D eigenvalue weighted by Crippen LogP contribution is -2.20. The smallest absolute Gasteiger partial charge is 0.247 e. The number of nitrogens with zero attached hydrogens (tertiary/aromatic N) is 3. The van der Waals surface area contributed by atoms with Crippen LogP contribution in [0.2, 0.25) is 5.02 Å². The first-order valence-corrected chi connectivity index (χ1v) is 8.52. The monoisotopic (exact) mass is 339 g/mol. The van der Waals surface area contributed by atoms with E-state index in [9.17, 15) is 0 Å². The fraction of sp³-hybridized carbons (Fsp3) is 0.263. The van der Waals surface area contributed by atoms with Gasteiger partial charge in [0.1, 0.15) is 0 Å². The van der Waals surface area contributed by atoms with Crippen molar-refractivity contribution in [3.05, 3.63) is 71.1 Å². The van der Waals surface area contributed by atoms with E-state index in [1.54, 1.807) is 0 Å². The van der Waals surface area contributed by atoms with Gasteiger partial charge in [0, 0.05) is 23.7 Å². The van der Waals surface area contributed by atoms with Crippen LogP contribution >= 0.6 is 11.6 Å². The van der Waals surface area contributed by atoms with Crippen molar-refractivity contribution in [3.63, 3.8) is 0 Å². The van der Waals surface area contributed by atoms with Gasteiger partial charge in [-0.1, -0.05) is 48.0 Å². The van der Waals surface area contributed by atoms with Gasteiger partial charge in [0.2, 0.25) is 11.8 Å². The molecule has 3 aromatic rings. The zero-order chi connectivity index (χ0) is 16.4. The van der Waals surface area contributed by atoms with Crippen LogP contribution in [0.5, 0.6) is 0 Å². The maximum absolute atomic E-state index is 6.26. The highest BCUT2D eigenvalue weighted by Gasteiger charge is 2.28. The van der Waals surface area contributed by atoms with E-state index >= 15 is 0 Å². The molecular formula is C19H18ClN3O. The summed E-state index contributed by atoms with van der Waals surface area (Å²) < 4.78 is 5.90. The van der Waals surface area contributed by atoms with Crippen LogP contribution in [0.15, 0.2) is 59.0 Å². The second-order valence-electron chi connectivity index (χ2n) is 6.12. The van der Waals surface area contributed by atoms with Crippen molar-refractivity contribution >= 4 is 11.6 Å². The standard InChI is InChI=1S/C19H18ClN3O/c20-17-9-5-4-8-15(17)12-23-11-10-16(13-23)19-22-21-18(24-19)14-6-2-1-3-7-14/h1-9,16H,10-13H2. The molecule has 0 bridgehead atoms. The van der Waals surface area contributed by atoms with E-state index in [4.69, 9.17) is 16.0 Å². The Morgan fingerprint density at radius 1 is 1.04 bits per heavy atom. The summed E-state index contributed by atoms with van der Waals surface area (Å²) in [4.78, 5) is 2.39. The summed E-state index contributed by atoms with van der Waals surface area (Å²) in [5.74, 6) is 1.61. The molecule has 0 amide bonds. The first-order valence-electron chi connectivity index (χ1n) is 8.14. The summed E-state index contributed by atoms with van der Waals surface area (Å²) in [5.41, 5.74) is 2.12. The van der Waals surface area contributed by atoms with Gasteiger partial charge in [-0.2, -0.15) is 0 Å². The van der Waals surface area contributed by atoms with Gasteiger partial charge in [-0.25, -0.2) is 0 Å². The van der Waals surface area contributed by atoms with E-state index in [1.807, 2.05) is 48.5 Å². The van der Waals surface area contributed by atoms with Crippen LogP contribution in [-0.2, 0) is 6.54 Å². The van der Waals surface area contributed by atoms with Gasteiger partial charge in [0.15, 0.2) is 0 Å². The number of benzene rings is 2. The maximum atomic E-state index is 6.26. The Kier molecular flexibility index (Phi) is 4.32. The third-order valence-electron chi connectivity index (χ3n) is 4.43. The van der Waals surface area contributed by atoms with E-state index in [0.717, 1.165) is 48.1 Å². The molecule has 4 rings (SSSR count). The van der Waals surface area contributed by atoms with Crippen molar-refractivity contribution in [2.45, 2.75) is 18.9 Å². The Morgan fingerprint density at radius 3 is 2.67 bits per heavy atom. The fourth-order valence-electron chi connectivity index (χ4n) is 3.14. The molecule has 1 aliphatic heterocycles. The number of rotatable bonds is 4. The molecule has 0 saturated carbocycles. The minimum absolute atomic E-state index is 0.289. The third kappa shape index (κ3) is 3.21. The van der Waals surface area contributed by atoms with Crippen LogP contribution in [0.3, 0.4) is 0 Å². The SMILES string of the molecule is Clc1ccccc1CN1CCC(c2nnc(-c3ccccc3)o2)C1. The molecule has 2 aromatic carbocycles. The molecule has 5 heteroatoms. The lowest BCUT2D eigenvalue weighted by Gasteiger charge is -2.16. The van der Waals surface area contributed by atoms with E-state index in [1.165, 1.54) is 0 Å². The number of halogens is 1. The van der Waals surface area contributed by atoms with Crippen molar-refractivity contribution in [2.24, 2.45) is 0 Å². The van der Waals surface area contributed by atoms with Crippen molar-refractivity contribution in [2.75, 3.05) is 13.1 Å². The van der Waals surface area contributed by atoms with Crippen molar-refractivity contribution in [1.29, 1.82) is 0 Å². The Morgan fingerprint density at radius 2 is 1.83 bits per heavy atom. The molecule has 1 fully saturated rings. The molecule has 0 spiro atoms. The Hall–Kier alpha value is -2.17. The van der Waals surface area contributed by atoms with Gasteiger partial charge in [-0.15, -0.1) is 10.2 Å². The summed E-state index contributed by atoms with van der Waals surface area (Å²) >= 11 is 6.26. The molecular weight excluding hydrogens is 322 g/mol. The Labute approximate surface area is 146 Å². The number of hydrogen-bond acceptors (Lipinski definition) is 4. The van der Waals surface area contributed by atoms with Crippen LogP contribution in [0.4, 0.5) is 0 Å². The van der Waals surface area contributed by atoms with Crippen LogP contribution in [0.1, 0.15) is 23.8 Å². The molecule has 2 heterocycles. The quantitative estimate of drug-likeness (QED) is 0.707. The molecule has 0 N–H and O–H groups in total. The van der Waals surface area contributed by atoms with Crippen LogP contribution in [-0.4, -0.2) is 28.2 Å². The number of aromatic nitrogens is 2. The molecule has 1 unspecified atom stereocenters. The van der Waals surface area contributed by atoms with Crippen LogP contribution in [0.25, 0.3) is 11.5 Å². The summed E-state index contributed by atoms with van der Waals surface area (Å²) in [7, 11) is 0. The van der Waals surface area contributed by atoms with E-state index in [-0.39, 0.29) is 5.92 Å². The molecule has 0 radical (unpaired) electrons. The van der Waals surface area contributed by atoms with Gasteiger partial charge < -0.3 is 4.42 Å². The first kappa shape index (κ1) is 15.4. The van der Waals surface area contributed by atoms with Crippen molar-refractivity contribution in [1.82, 2.24) is 15.1 Å². The second-order valence-corrected chi connectivity index (χ2v) is 6.53. The molecule has 0 aliphatic carbocycles. The lowest BCUT2D eigenvalue weighted by atomic mass is 10.1. The average Bonchev–Trinajstić information content (AvgIpc) is 3.27. The van der Waals surface area contributed by atoms with Gasteiger partial charge in [0.05, 0.1) is 5.92 Å². The first-order chi connectivity index (χ1) is 11.8. The van der Waals surface area contributed by atoms with Crippen LogP contribution < -0.4 is 0 Å². The van der Waals surface area contributed by atoms with Crippen molar-refractivity contribution < 1.29 is 4.42 Å². The van der Waals surface area contributed by atoms with Crippen LogP contribution in [0, 0.1) is 0 Å². The van der Waals surface area contributed by atoms with Gasteiger partial charge in [0.25, 0.3) is 0 Å². The van der Waals surface area contributed by atoms with E-state index in [0.29, 0.717) is 5.89 Å². The normalized spacial score (nSPS) is 18.1. The molecule has 24 heavy (non-hydrogen) atoms. The third-order valence-corrected chi connectivity index (χ3v) is 4.80. The topological polar surface area (TPSA) is 42.2 Å². The molecule has 1 aromatic heterocycles. The molecule has 1 aliphatic rings. The highest BCUT2D eigenvalue weighted by Crippen LogP contribution is 2.30. The van der Waals surface area contributed by atoms with Gasteiger partial charge in [-0.05, 0) is 36.7 Å². The zero-order valence-electron chi connectivity index (χ0n) is 13.2. The minimum Gasteiger partial charge on any atom is -0.420 e. The summed E-state index contributed by atoms with van der Waals surface area (Å²) in [6, 6.07) is 17.9. The summed E-state index contributed by atoms with van der Waals surface area (Å²) in [6.07, 6.45) is 1.03. The molecule has 122 valence electrons. The zero-order valence-corrected chi connectivity index (χ0v) is 14.0. The van der Waals surface area contributed by atoms with E-state index < -0.39 is 0 Å². The lowest BCUT2D eigenvalue weighted by molar-refractivity contribution is 0.320. The highest BCUT2D eigenvalue weighted by molar-refractivity contribution is 6.31. The fourth-order valence-corrected chi connectivity index (χ4v) is 3.34. The Bertz CT molecular complexity index is 818. The molecule has 1 atom stereocenters. The molecule has 1 saturated heterocycles. The maximum Gasteiger partial charge on any atom is 0.247 e. The van der Waals surface area contributed by atoms with Crippen molar-refractivity contribution in [3.8, 4) is 11.5 Å². The predicted molar refractivity (Wildman–Crippen MR) is 93.8 cm³/mol. The number of likely N-dealkylation sites (tertiary alicyclic amines) is 1. The van der Waals surface area contributed by atoms with Gasteiger partial charge >= 0.3 is 0 Å². The van der Waals surface area contributed by atoms with Gasteiger partial charge in [-0.3, -0.25) is 4.90 Å². The highest BCUT2D eigenvalue weighted by atomic mass is 35.5. The average molecular weight is 340 g/mol. The second kappa shape index (κ2) is 6.75. The summed E-state index contributed by atoms with van der Waals surface area (Å²) in [6.45, 7) is 2.79. The Balaban J connectivity index is 1.44. The predicted octanol–water partition coefficient (Wildman–Crippen LogP) is 4.38. The largest absolute Gasteiger partial charge is 0.420 e. The number of hydrogen-bond donors (Lipinski definition) is 0. The molecule has 4 nitrogen and oxygen atoms in total.